The topological polar surface area (TPSA) is 15.3 Å². The van der Waals surface area contributed by atoms with Gasteiger partial charge in [0.25, 0.3) is 0 Å². The molecule has 90 valence electrons. The third-order valence-corrected chi connectivity index (χ3v) is 2.36. The highest BCUT2D eigenvalue weighted by molar-refractivity contribution is 5.58. The number of hydrogen-bond donors (Lipinski definition) is 1. The molecule has 2 heteroatoms. The average molecular weight is 228 g/mol. The second kappa shape index (κ2) is 6.59. The van der Waals surface area contributed by atoms with E-state index in [1.165, 1.54) is 11.3 Å². The summed E-state index contributed by atoms with van der Waals surface area (Å²) in [6, 6.07) is 8.40. The maximum Gasteiger partial charge on any atom is 0.0361 e. The van der Waals surface area contributed by atoms with Gasteiger partial charge in [0.1, 0.15) is 0 Å². The number of anilines is 1. The highest BCUT2D eigenvalue weighted by Crippen LogP contribution is 2.13. The predicted molar refractivity (Wildman–Crippen MR) is 77.1 cm³/mol. The Morgan fingerprint density at radius 1 is 1.18 bits per heavy atom. The van der Waals surface area contributed by atoms with Crippen LogP contribution in [0.4, 0.5) is 5.69 Å². The average Bonchev–Trinajstić information content (AvgIpc) is 2.34. The molecule has 0 aliphatic heterocycles. The van der Waals surface area contributed by atoms with Crippen LogP contribution in [0.5, 0.6) is 0 Å². The molecule has 0 spiro atoms. The van der Waals surface area contributed by atoms with Crippen LogP contribution in [-0.2, 0) is 0 Å². The fourth-order valence-corrected chi connectivity index (χ4v) is 1.33. The second-order valence-corrected chi connectivity index (χ2v) is 4.02. The molecule has 1 N–H and O–H groups in total. The summed E-state index contributed by atoms with van der Waals surface area (Å²) in [6.07, 6.45) is 7.85. The highest BCUT2D eigenvalue weighted by atomic mass is 15.1. The summed E-state index contributed by atoms with van der Waals surface area (Å²) in [5.41, 5.74) is 3.35. The van der Waals surface area contributed by atoms with Crippen LogP contribution in [0.3, 0.4) is 0 Å². The molecule has 1 aromatic carbocycles. The Hall–Kier alpha value is -1.96. The number of nitrogens with zero attached hydrogens (tertiary/aromatic N) is 1. The molecule has 0 unspecified atom stereocenters. The van der Waals surface area contributed by atoms with Gasteiger partial charge in [-0.3, -0.25) is 0 Å². The summed E-state index contributed by atoms with van der Waals surface area (Å²) in [6.45, 7) is 3.93. The van der Waals surface area contributed by atoms with E-state index in [-0.39, 0.29) is 0 Å². The molecule has 2 nitrogen and oxygen atoms in total. The van der Waals surface area contributed by atoms with Gasteiger partial charge in [-0.1, -0.05) is 30.9 Å². The first-order chi connectivity index (χ1) is 8.13. The fourth-order valence-electron chi connectivity index (χ4n) is 1.33. The smallest absolute Gasteiger partial charge is 0.0361 e. The van der Waals surface area contributed by atoms with Crippen molar-refractivity contribution < 1.29 is 0 Å². The van der Waals surface area contributed by atoms with Crippen LogP contribution >= 0.6 is 0 Å². The van der Waals surface area contributed by atoms with Crippen LogP contribution in [0, 0.1) is 0 Å². The zero-order valence-corrected chi connectivity index (χ0v) is 10.8. The summed E-state index contributed by atoms with van der Waals surface area (Å²) in [5, 5.41) is 2.94. The van der Waals surface area contributed by atoms with Gasteiger partial charge < -0.3 is 10.2 Å². The molecular formula is C15H20N2. The summed E-state index contributed by atoms with van der Waals surface area (Å²) in [5.74, 6) is 0. The van der Waals surface area contributed by atoms with Crippen molar-refractivity contribution in [2.75, 3.05) is 26.0 Å². The van der Waals surface area contributed by atoms with Gasteiger partial charge in [0.15, 0.2) is 0 Å². The molecule has 0 amide bonds. The number of allylic oxidation sites excluding steroid dienone is 3. The van der Waals surface area contributed by atoms with E-state index in [2.05, 4.69) is 47.1 Å². The largest absolute Gasteiger partial charge is 0.394 e. The maximum absolute atomic E-state index is 3.93. The lowest BCUT2D eigenvalue weighted by atomic mass is 10.1. The Balaban J connectivity index is 2.66. The van der Waals surface area contributed by atoms with Gasteiger partial charge in [-0.05, 0) is 35.5 Å². The summed E-state index contributed by atoms with van der Waals surface area (Å²) < 4.78 is 0. The van der Waals surface area contributed by atoms with Crippen molar-refractivity contribution >= 4 is 11.8 Å². The molecule has 0 aromatic heterocycles. The van der Waals surface area contributed by atoms with E-state index in [1.807, 2.05) is 39.5 Å². The minimum absolute atomic E-state index is 0.969. The summed E-state index contributed by atoms with van der Waals surface area (Å²) >= 11 is 0. The van der Waals surface area contributed by atoms with E-state index in [0.717, 1.165) is 5.57 Å². The van der Waals surface area contributed by atoms with E-state index >= 15 is 0 Å². The van der Waals surface area contributed by atoms with Crippen molar-refractivity contribution in [3.8, 4) is 0 Å². The van der Waals surface area contributed by atoms with Crippen molar-refractivity contribution in [2.45, 2.75) is 0 Å². The quantitative estimate of drug-likeness (QED) is 0.779. The fraction of sp³-hybridized carbons (Fsp3) is 0.200. The Kier molecular flexibility index (Phi) is 5.08. The van der Waals surface area contributed by atoms with Crippen molar-refractivity contribution in [1.82, 2.24) is 5.32 Å². The molecule has 1 rings (SSSR count). The molecule has 0 heterocycles. The van der Waals surface area contributed by atoms with Gasteiger partial charge >= 0.3 is 0 Å². The lowest BCUT2D eigenvalue weighted by Crippen LogP contribution is -2.07. The Bertz CT molecular complexity index is 411. The van der Waals surface area contributed by atoms with E-state index in [0.29, 0.717) is 0 Å². The minimum Gasteiger partial charge on any atom is -0.394 e. The van der Waals surface area contributed by atoms with E-state index in [1.54, 1.807) is 0 Å². The molecular weight excluding hydrogens is 208 g/mol. The number of hydrogen-bond acceptors (Lipinski definition) is 2. The van der Waals surface area contributed by atoms with E-state index in [4.69, 9.17) is 0 Å². The molecule has 0 bridgehead atoms. The normalized spacial score (nSPS) is 11.0. The SMILES string of the molecule is C=C(/C=C\NC)/C=C/c1ccc(N(C)C)cc1. The standard InChI is InChI=1S/C15H20N2/c1-13(11-12-16-2)5-6-14-7-9-15(10-8-14)17(3)4/h5-12,16H,1H2,2-4H3/b6-5+,12-11-. The van der Waals surface area contributed by atoms with Crippen molar-refractivity contribution in [1.29, 1.82) is 0 Å². The van der Waals surface area contributed by atoms with Gasteiger partial charge in [-0.15, -0.1) is 0 Å². The molecule has 0 saturated heterocycles. The lowest BCUT2D eigenvalue weighted by molar-refractivity contribution is 1.10. The number of rotatable bonds is 5. The van der Waals surface area contributed by atoms with Gasteiger partial charge in [0, 0.05) is 26.8 Å². The van der Waals surface area contributed by atoms with Crippen molar-refractivity contribution in [2.24, 2.45) is 0 Å². The first kappa shape index (κ1) is 13.1. The number of nitrogens with one attached hydrogen (secondary N) is 1. The van der Waals surface area contributed by atoms with Crippen LogP contribution in [0.2, 0.25) is 0 Å². The van der Waals surface area contributed by atoms with Crippen LogP contribution in [0.25, 0.3) is 6.08 Å². The van der Waals surface area contributed by atoms with Crippen LogP contribution in [-0.4, -0.2) is 21.1 Å². The second-order valence-electron chi connectivity index (χ2n) is 4.02. The molecule has 1 aromatic rings. The first-order valence-electron chi connectivity index (χ1n) is 5.61. The molecule has 0 fully saturated rings. The maximum atomic E-state index is 3.93. The van der Waals surface area contributed by atoms with E-state index in [9.17, 15) is 0 Å². The predicted octanol–water partition coefficient (Wildman–Crippen LogP) is 3.06. The molecule has 0 saturated carbocycles. The lowest BCUT2D eigenvalue weighted by Gasteiger charge is -2.11. The van der Waals surface area contributed by atoms with Gasteiger partial charge in [0.2, 0.25) is 0 Å². The van der Waals surface area contributed by atoms with Crippen LogP contribution < -0.4 is 10.2 Å². The third kappa shape index (κ3) is 4.60. The Morgan fingerprint density at radius 2 is 1.82 bits per heavy atom. The first-order valence-corrected chi connectivity index (χ1v) is 5.61. The van der Waals surface area contributed by atoms with Gasteiger partial charge in [-0.2, -0.15) is 0 Å². The van der Waals surface area contributed by atoms with Gasteiger partial charge in [-0.25, -0.2) is 0 Å². The Labute approximate surface area is 104 Å². The monoisotopic (exact) mass is 228 g/mol. The van der Waals surface area contributed by atoms with Crippen LogP contribution in [0.1, 0.15) is 5.56 Å². The van der Waals surface area contributed by atoms with E-state index < -0.39 is 0 Å². The van der Waals surface area contributed by atoms with Gasteiger partial charge in [0.05, 0.1) is 0 Å². The zero-order valence-electron chi connectivity index (χ0n) is 10.8. The molecule has 0 aliphatic carbocycles. The highest BCUT2D eigenvalue weighted by Gasteiger charge is 1.93. The third-order valence-electron chi connectivity index (χ3n) is 2.36. The zero-order chi connectivity index (χ0) is 12.7. The molecule has 0 radical (unpaired) electrons. The van der Waals surface area contributed by atoms with Crippen LogP contribution in [0.15, 0.2) is 54.8 Å². The van der Waals surface area contributed by atoms with Crippen molar-refractivity contribution in [3.05, 3.63) is 60.3 Å². The molecule has 0 atom stereocenters. The molecule has 0 aliphatic rings. The Morgan fingerprint density at radius 3 is 2.35 bits per heavy atom. The molecule has 17 heavy (non-hydrogen) atoms. The van der Waals surface area contributed by atoms with Crippen molar-refractivity contribution in [3.63, 3.8) is 0 Å². The summed E-state index contributed by atoms with van der Waals surface area (Å²) in [4.78, 5) is 2.09. The minimum atomic E-state index is 0.969. The number of benzene rings is 1. The summed E-state index contributed by atoms with van der Waals surface area (Å²) in [7, 11) is 5.94.